The van der Waals surface area contributed by atoms with E-state index in [0.717, 1.165) is 25.9 Å². The number of benzene rings is 2. The number of anilines is 1. The Kier molecular flexibility index (Phi) is 6.46. The minimum atomic E-state index is 0.503. The largest absolute Gasteiger partial charge is 0.492 e. The van der Waals surface area contributed by atoms with E-state index in [2.05, 4.69) is 56.2 Å². The van der Waals surface area contributed by atoms with Gasteiger partial charge in [0.2, 0.25) is 0 Å². The van der Waals surface area contributed by atoms with Gasteiger partial charge in [-0.2, -0.15) is 5.10 Å². The van der Waals surface area contributed by atoms with E-state index >= 15 is 0 Å². The standard InChI is InChI=1S/C17H18Br2N2O/c1-12(2)11-22-17-8-3-13(9-16(17)19)10-20-21-15-6-4-14(18)5-7-15/h3-10,12,21H,11H2,1-2H3/b20-10-. The van der Waals surface area contributed by atoms with Gasteiger partial charge in [-0.05, 0) is 69.9 Å². The molecule has 0 atom stereocenters. The van der Waals surface area contributed by atoms with Crippen LogP contribution in [0.4, 0.5) is 5.69 Å². The fraction of sp³-hybridized carbons (Fsp3) is 0.235. The number of hydrazone groups is 1. The molecule has 0 saturated carbocycles. The summed E-state index contributed by atoms with van der Waals surface area (Å²) in [5.41, 5.74) is 4.93. The van der Waals surface area contributed by atoms with E-state index in [1.54, 1.807) is 6.21 Å². The van der Waals surface area contributed by atoms with Crippen molar-refractivity contribution in [1.29, 1.82) is 0 Å². The van der Waals surface area contributed by atoms with Crippen molar-refractivity contribution >= 4 is 43.8 Å². The first kappa shape index (κ1) is 17.0. The third-order valence-electron chi connectivity index (χ3n) is 2.78. The third-order valence-corrected chi connectivity index (χ3v) is 3.93. The molecule has 0 aromatic heterocycles. The SMILES string of the molecule is CC(C)COc1ccc(/C=N\Nc2ccc(Br)cc2)cc1Br. The summed E-state index contributed by atoms with van der Waals surface area (Å²) < 4.78 is 7.70. The highest BCUT2D eigenvalue weighted by Gasteiger charge is 2.03. The Morgan fingerprint density at radius 1 is 1.14 bits per heavy atom. The van der Waals surface area contributed by atoms with Gasteiger partial charge in [-0.3, -0.25) is 5.43 Å². The van der Waals surface area contributed by atoms with Crippen LogP contribution in [0, 0.1) is 5.92 Å². The Hall–Kier alpha value is -1.33. The molecule has 116 valence electrons. The lowest BCUT2D eigenvalue weighted by molar-refractivity contribution is 0.269. The lowest BCUT2D eigenvalue weighted by atomic mass is 10.2. The van der Waals surface area contributed by atoms with Crippen molar-refractivity contribution in [1.82, 2.24) is 0 Å². The number of nitrogens with one attached hydrogen (secondary N) is 1. The average Bonchev–Trinajstić information content (AvgIpc) is 2.48. The second-order valence-electron chi connectivity index (χ2n) is 5.27. The molecule has 0 unspecified atom stereocenters. The zero-order valence-electron chi connectivity index (χ0n) is 12.5. The molecule has 2 aromatic rings. The topological polar surface area (TPSA) is 33.6 Å². The molecule has 22 heavy (non-hydrogen) atoms. The first-order chi connectivity index (χ1) is 10.5. The van der Waals surface area contributed by atoms with Gasteiger partial charge in [-0.1, -0.05) is 29.8 Å². The maximum absolute atomic E-state index is 5.73. The Morgan fingerprint density at radius 3 is 2.50 bits per heavy atom. The molecule has 0 aliphatic heterocycles. The van der Waals surface area contributed by atoms with Crippen molar-refractivity contribution in [2.75, 3.05) is 12.0 Å². The Morgan fingerprint density at radius 2 is 1.86 bits per heavy atom. The second-order valence-corrected chi connectivity index (χ2v) is 7.04. The van der Waals surface area contributed by atoms with Crippen molar-refractivity contribution in [3.8, 4) is 5.75 Å². The molecular formula is C17H18Br2N2O. The number of rotatable bonds is 6. The summed E-state index contributed by atoms with van der Waals surface area (Å²) >= 11 is 6.93. The summed E-state index contributed by atoms with van der Waals surface area (Å²) in [5.74, 6) is 1.36. The van der Waals surface area contributed by atoms with Crippen molar-refractivity contribution in [2.45, 2.75) is 13.8 Å². The molecule has 0 bridgehead atoms. The molecule has 0 aliphatic carbocycles. The lowest BCUT2D eigenvalue weighted by Gasteiger charge is -2.10. The molecule has 0 radical (unpaired) electrons. The summed E-state index contributed by atoms with van der Waals surface area (Å²) in [7, 11) is 0. The molecule has 3 nitrogen and oxygen atoms in total. The second kappa shape index (κ2) is 8.34. The van der Waals surface area contributed by atoms with Gasteiger partial charge < -0.3 is 4.74 Å². The van der Waals surface area contributed by atoms with E-state index in [1.807, 2.05) is 42.5 Å². The van der Waals surface area contributed by atoms with Crippen molar-refractivity contribution in [3.63, 3.8) is 0 Å². The van der Waals surface area contributed by atoms with E-state index in [1.165, 1.54) is 0 Å². The van der Waals surface area contributed by atoms with Gasteiger partial charge in [0.25, 0.3) is 0 Å². The molecule has 0 spiro atoms. The Bertz CT molecular complexity index is 640. The predicted octanol–water partition coefficient (Wildman–Crippen LogP) is 5.69. The predicted molar refractivity (Wildman–Crippen MR) is 99.8 cm³/mol. The van der Waals surface area contributed by atoms with Crippen molar-refractivity contribution in [2.24, 2.45) is 11.0 Å². The van der Waals surface area contributed by atoms with E-state index in [4.69, 9.17) is 4.74 Å². The lowest BCUT2D eigenvalue weighted by Crippen LogP contribution is -2.05. The number of ether oxygens (including phenoxy) is 1. The van der Waals surface area contributed by atoms with Gasteiger partial charge in [0, 0.05) is 4.47 Å². The maximum atomic E-state index is 5.73. The Balaban J connectivity index is 1.96. The van der Waals surface area contributed by atoms with Crippen LogP contribution in [0.5, 0.6) is 5.75 Å². The van der Waals surface area contributed by atoms with Gasteiger partial charge >= 0.3 is 0 Å². The minimum absolute atomic E-state index is 0.503. The first-order valence-electron chi connectivity index (χ1n) is 7.01. The zero-order chi connectivity index (χ0) is 15.9. The van der Waals surface area contributed by atoms with E-state index in [9.17, 15) is 0 Å². The molecule has 5 heteroatoms. The summed E-state index contributed by atoms with van der Waals surface area (Å²) in [5, 5.41) is 4.23. The molecule has 0 amide bonds. The van der Waals surface area contributed by atoms with Crippen molar-refractivity contribution < 1.29 is 4.74 Å². The molecule has 2 aromatic carbocycles. The van der Waals surface area contributed by atoms with Gasteiger partial charge in [0.05, 0.1) is 23.0 Å². The molecule has 0 saturated heterocycles. The number of hydrogen-bond donors (Lipinski definition) is 1. The number of nitrogens with zero attached hydrogens (tertiary/aromatic N) is 1. The smallest absolute Gasteiger partial charge is 0.133 e. The van der Waals surface area contributed by atoms with Crippen LogP contribution in [-0.2, 0) is 0 Å². The highest BCUT2D eigenvalue weighted by molar-refractivity contribution is 9.10. The molecule has 0 aliphatic rings. The van der Waals surface area contributed by atoms with E-state index in [-0.39, 0.29) is 0 Å². The summed E-state index contributed by atoms with van der Waals surface area (Å²) in [4.78, 5) is 0. The Labute approximate surface area is 148 Å². The monoisotopic (exact) mass is 424 g/mol. The normalized spacial score (nSPS) is 11.1. The number of halogens is 2. The molecule has 0 fully saturated rings. The van der Waals surface area contributed by atoms with Crippen LogP contribution in [0.1, 0.15) is 19.4 Å². The van der Waals surface area contributed by atoms with Gasteiger partial charge in [-0.15, -0.1) is 0 Å². The van der Waals surface area contributed by atoms with E-state index in [0.29, 0.717) is 12.5 Å². The van der Waals surface area contributed by atoms with Crippen LogP contribution >= 0.6 is 31.9 Å². The highest BCUT2D eigenvalue weighted by Crippen LogP contribution is 2.26. The van der Waals surface area contributed by atoms with E-state index < -0.39 is 0 Å². The van der Waals surface area contributed by atoms with Gasteiger partial charge in [0.15, 0.2) is 0 Å². The molecule has 0 heterocycles. The minimum Gasteiger partial charge on any atom is -0.492 e. The van der Waals surface area contributed by atoms with Crippen LogP contribution < -0.4 is 10.2 Å². The summed E-state index contributed by atoms with van der Waals surface area (Å²) in [6, 6.07) is 13.8. The van der Waals surface area contributed by atoms with Gasteiger partial charge in [-0.25, -0.2) is 0 Å². The van der Waals surface area contributed by atoms with Crippen LogP contribution in [0.2, 0.25) is 0 Å². The highest BCUT2D eigenvalue weighted by atomic mass is 79.9. The fourth-order valence-corrected chi connectivity index (χ4v) is 2.45. The van der Waals surface area contributed by atoms with Crippen LogP contribution in [-0.4, -0.2) is 12.8 Å². The summed E-state index contributed by atoms with van der Waals surface area (Å²) in [6.07, 6.45) is 1.78. The van der Waals surface area contributed by atoms with Gasteiger partial charge in [0.1, 0.15) is 5.75 Å². The molecule has 2 rings (SSSR count). The quantitative estimate of drug-likeness (QED) is 0.476. The average molecular weight is 426 g/mol. The molecule has 1 N–H and O–H groups in total. The van der Waals surface area contributed by atoms with Crippen LogP contribution in [0.25, 0.3) is 0 Å². The first-order valence-corrected chi connectivity index (χ1v) is 8.60. The fourth-order valence-electron chi connectivity index (χ4n) is 1.68. The molecular weight excluding hydrogens is 408 g/mol. The summed E-state index contributed by atoms with van der Waals surface area (Å²) in [6.45, 7) is 4.96. The zero-order valence-corrected chi connectivity index (χ0v) is 15.7. The van der Waals surface area contributed by atoms with Crippen LogP contribution in [0.3, 0.4) is 0 Å². The van der Waals surface area contributed by atoms with Crippen LogP contribution in [0.15, 0.2) is 56.5 Å². The van der Waals surface area contributed by atoms with Crippen molar-refractivity contribution in [3.05, 3.63) is 57.0 Å². The maximum Gasteiger partial charge on any atom is 0.133 e. The third kappa shape index (κ3) is 5.46. The number of hydrogen-bond acceptors (Lipinski definition) is 3.